The third-order valence-electron chi connectivity index (χ3n) is 3.56. The van der Waals surface area contributed by atoms with Gasteiger partial charge in [-0.25, -0.2) is 0 Å². The molecule has 1 N–H and O–H groups in total. The van der Waals surface area contributed by atoms with E-state index in [-0.39, 0.29) is 0 Å². The highest BCUT2D eigenvalue weighted by Crippen LogP contribution is 2.10. The first kappa shape index (κ1) is 14.7. The molecule has 1 aliphatic heterocycles. The maximum absolute atomic E-state index is 3.70. The smallest absolute Gasteiger partial charge is 0.0165 e. The van der Waals surface area contributed by atoms with Crippen LogP contribution in [0.2, 0.25) is 0 Å². The van der Waals surface area contributed by atoms with E-state index < -0.39 is 0 Å². The van der Waals surface area contributed by atoms with Crippen molar-refractivity contribution in [1.82, 2.24) is 10.2 Å². The van der Waals surface area contributed by atoms with E-state index in [0.717, 1.165) is 12.6 Å². The fourth-order valence-corrected chi connectivity index (χ4v) is 2.31. The van der Waals surface area contributed by atoms with Crippen molar-refractivity contribution < 1.29 is 0 Å². The van der Waals surface area contributed by atoms with E-state index in [4.69, 9.17) is 0 Å². The monoisotopic (exact) mass is 238 g/mol. The molecule has 1 saturated heterocycles. The lowest BCUT2D eigenvalue weighted by Crippen LogP contribution is -2.42. The Labute approximate surface area is 107 Å². The van der Waals surface area contributed by atoms with Gasteiger partial charge in [-0.3, -0.25) is 4.90 Å². The Hall–Kier alpha value is -0.340. The third kappa shape index (κ3) is 6.85. The quantitative estimate of drug-likeness (QED) is 0.541. The average molecular weight is 238 g/mol. The summed E-state index contributed by atoms with van der Waals surface area (Å²) in [5, 5.41) is 3.70. The molecule has 0 bridgehead atoms. The van der Waals surface area contributed by atoms with Crippen LogP contribution in [0.4, 0.5) is 0 Å². The lowest BCUT2D eigenvalue weighted by atomic mass is 10.0. The molecule has 100 valence electrons. The summed E-state index contributed by atoms with van der Waals surface area (Å²) in [7, 11) is 0. The molecule has 0 aromatic rings. The van der Waals surface area contributed by atoms with Crippen LogP contribution in [0.25, 0.3) is 0 Å². The van der Waals surface area contributed by atoms with Gasteiger partial charge in [-0.2, -0.15) is 0 Å². The molecule has 0 aliphatic carbocycles. The first-order valence-corrected chi connectivity index (χ1v) is 7.31. The van der Waals surface area contributed by atoms with Crippen LogP contribution in [0, 0.1) is 0 Å². The Morgan fingerprint density at radius 3 is 2.53 bits per heavy atom. The van der Waals surface area contributed by atoms with Crippen molar-refractivity contribution in [2.45, 2.75) is 58.9 Å². The number of nitrogens with one attached hydrogen (secondary N) is 1. The Morgan fingerprint density at radius 1 is 1.24 bits per heavy atom. The molecule has 1 heterocycles. The lowest BCUT2D eigenvalue weighted by Gasteiger charge is -2.31. The highest BCUT2D eigenvalue weighted by Gasteiger charge is 2.17. The van der Waals surface area contributed by atoms with E-state index in [0.29, 0.717) is 0 Å². The number of likely N-dealkylation sites (tertiary alicyclic amines) is 1. The summed E-state index contributed by atoms with van der Waals surface area (Å²) in [6, 6.07) is 0.773. The minimum absolute atomic E-state index is 0.773. The molecular formula is C15H30N2. The summed E-state index contributed by atoms with van der Waals surface area (Å²) in [5.74, 6) is 0. The summed E-state index contributed by atoms with van der Waals surface area (Å²) < 4.78 is 0. The van der Waals surface area contributed by atoms with Crippen LogP contribution in [0.1, 0.15) is 52.9 Å². The topological polar surface area (TPSA) is 15.3 Å². The van der Waals surface area contributed by atoms with Gasteiger partial charge in [-0.05, 0) is 52.7 Å². The summed E-state index contributed by atoms with van der Waals surface area (Å²) >= 11 is 0. The Morgan fingerprint density at radius 2 is 1.94 bits per heavy atom. The molecular weight excluding hydrogens is 208 g/mol. The molecule has 0 radical (unpaired) electrons. The van der Waals surface area contributed by atoms with Crippen molar-refractivity contribution in [3.05, 3.63) is 11.6 Å². The van der Waals surface area contributed by atoms with E-state index in [1.165, 1.54) is 57.3 Å². The van der Waals surface area contributed by atoms with Gasteiger partial charge >= 0.3 is 0 Å². The average Bonchev–Trinajstić information content (AvgIpc) is 2.33. The first-order valence-electron chi connectivity index (χ1n) is 7.31. The van der Waals surface area contributed by atoms with E-state index >= 15 is 0 Å². The van der Waals surface area contributed by atoms with Crippen molar-refractivity contribution in [2.24, 2.45) is 0 Å². The Balaban J connectivity index is 2.07. The molecule has 1 fully saturated rings. The normalized spacial score (nSPS) is 18.3. The molecule has 0 aromatic carbocycles. The lowest BCUT2D eigenvalue weighted by molar-refractivity contribution is 0.215. The van der Waals surface area contributed by atoms with Gasteiger partial charge in [0.2, 0.25) is 0 Å². The van der Waals surface area contributed by atoms with Crippen molar-refractivity contribution in [1.29, 1.82) is 0 Å². The summed E-state index contributed by atoms with van der Waals surface area (Å²) in [5.41, 5.74) is 1.44. The maximum Gasteiger partial charge on any atom is 0.0165 e. The zero-order chi connectivity index (χ0) is 12.5. The second kappa shape index (κ2) is 8.71. The number of allylic oxidation sites excluding steroid dienone is 1. The van der Waals surface area contributed by atoms with Gasteiger partial charge in [0.15, 0.2) is 0 Å². The molecule has 0 saturated carbocycles. The van der Waals surface area contributed by atoms with Crippen LogP contribution in [0.3, 0.4) is 0 Å². The fraction of sp³-hybridized carbons (Fsp3) is 0.867. The molecule has 2 nitrogen and oxygen atoms in total. The van der Waals surface area contributed by atoms with Gasteiger partial charge in [0, 0.05) is 12.6 Å². The van der Waals surface area contributed by atoms with Gasteiger partial charge in [0.25, 0.3) is 0 Å². The Bertz CT molecular complexity index is 211. The molecule has 0 spiro atoms. The predicted octanol–water partition coefficient (Wildman–Crippen LogP) is 3.20. The van der Waals surface area contributed by atoms with Gasteiger partial charge < -0.3 is 5.32 Å². The summed E-state index contributed by atoms with van der Waals surface area (Å²) in [6.45, 7) is 11.5. The summed E-state index contributed by atoms with van der Waals surface area (Å²) in [4.78, 5) is 2.57. The minimum atomic E-state index is 0.773. The van der Waals surface area contributed by atoms with Gasteiger partial charge in [-0.15, -0.1) is 0 Å². The van der Waals surface area contributed by atoms with Gasteiger partial charge in [-0.1, -0.05) is 31.4 Å². The van der Waals surface area contributed by atoms with Crippen LogP contribution < -0.4 is 5.32 Å². The van der Waals surface area contributed by atoms with Crippen LogP contribution in [-0.4, -0.2) is 37.1 Å². The van der Waals surface area contributed by atoms with Crippen LogP contribution in [-0.2, 0) is 0 Å². The van der Waals surface area contributed by atoms with Crippen molar-refractivity contribution >= 4 is 0 Å². The minimum Gasteiger partial charge on any atom is -0.314 e. The van der Waals surface area contributed by atoms with E-state index in [2.05, 4.69) is 37.1 Å². The number of hydrogen-bond donors (Lipinski definition) is 1. The number of hydrogen-bond acceptors (Lipinski definition) is 2. The van der Waals surface area contributed by atoms with Crippen molar-refractivity contribution in [2.75, 3.05) is 26.2 Å². The van der Waals surface area contributed by atoms with Crippen molar-refractivity contribution in [3.8, 4) is 0 Å². The highest BCUT2D eigenvalue weighted by molar-refractivity contribution is 4.95. The molecule has 0 amide bonds. The zero-order valence-corrected chi connectivity index (χ0v) is 12.0. The molecule has 0 aromatic heterocycles. The predicted molar refractivity (Wildman–Crippen MR) is 76.4 cm³/mol. The van der Waals surface area contributed by atoms with E-state index in [1.54, 1.807) is 0 Å². The van der Waals surface area contributed by atoms with E-state index in [1.807, 2.05) is 0 Å². The van der Waals surface area contributed by atoms with E-state index in [9.17, 15) is 0 Å². The first-order chi connectivity index (χ1) is 8.22. The van der Waals surface area contributed by atoms with Gasteiger partial charge in [0.05, 0.1) is 0 Å². The zero-order valence-electron chi connectivity index (χ0n) is 12.0. The van der Waals surface area contributed by atoms with Crippen LogP contribution >= 0.6 is 0 Å². The maximum atomic E-state index is 3.70. The number of unbranched alkanes of at least 4 members (excludes halogenated alkanes) is 2. The highest BCUT2D eigenvalue weighted by atomic mass is 15.1. The second-order valence-electron chi connectivity index (χ2n) is 5.52. The number of nitrogens with zero attached hydrogens (tertiary/aromatic N) is 1. The van der Waals surface area contributed by atoms with Crippen molar-refractivity contribution in [3.63, 3.8) is 0 Å². The molecule has 0 unspecified atom stereocenters. The second-order valence-corrected chi connectivity index (χ2v) is 5.52. The molecule has 2 heteroatoms. The fourth-order valence-electron chi connectivity index (χ4n) is 2.31. The molecule has 1 rings (SSSR count). The summed E-state index contributed by atoms with van der Waals surface area (Å²) in [6.07, 6.45) is 9.02. The molecule has 17 heavy (non-hydrogen) atoms. The Kier molecular flexibility index (Phi) is 7.54. The van der Waals surface area contributed by atoms with Gasteiger partial charge in [0.1, 0.15) is 0 Å². The van der Waals surface area contributed by atoms with Crippen LogP contribution in [0.5, 0.6) is 0 Å². The largest absolute Gasteiger partial charge is 0.314 e. The molecule has 0 atom stereocenters. The SMILES string of the molecule is CCCCCNC1CCN(CC=C(C)C)CC1. The molecule has 1 aliphatic rings. The number of piperidine rings is 1. The third-order valence-corrected chi connectivity index (χ3v) is 3.56. The standard InChI is InChI=1S/C15H30N2/c1-4-5-6-10-16-15-8-12-17(13-9-15)11-7-14(2)3/h7,15-16H,4-6,8-13H2,1-3H3. The van der Waals surface area contributed by atoms with Crippen LogP contribution in [0.15, 0.2) is 11.6 Å². The number of rotatable bonds is 7.